The number of pyridine rings is 2. The van der Waals surface area contributed by atoms with Gasteiger partial charge >= 0.3 is 5.97 Å². The molecule has 2 N–H and O–H groups in total. The van der Waals surface area contributed by atoms with Crippen LogP contribution in [-0.4, -0.2) is 50.5 Å². The van der Waals surface area contributed by atoms with Crippen molar-refractivity contribution in [3.8, 4) is 28.4 Å². The van der Waals surface area contributed by atoms with E-state index in [1.54, 1.807) is 24.5 Å². The monoisotopic (exact) mass is 828 g/mol. The number of rotatable bonds is 12. The van der Waals surface area contributed by atoms with Gasteiger partial charge in [0.2, 0.25) is 5.91 Å². The van der Waals surface area contributed by atoms with Crippen molar-refractivity contribution < 1.29 is 28.9 Å². The number of aromatic nitrogens is 2. The summed E-state index contributed by atoms with van der Waals surface area (Å²) in [7, 11) is 0. The van der Waals surface area contributed by atoms with Crippen molar-refractivity contribution in [2.45, 2.75) is 64.6 Å². The maximum Gasteiger partial charge on any atom is 0.326 e. The Hall–Kier alpha value is -5.94. The first-order valence-electron chi connectivity index (χ1n) is 19.4. The zero-order chi connectivity index (χ0) is 41.0. The van der Waals surface area contributed by atoms with Crippen LogP contribution in [0, 0.1) is 13.8 Å². The van der Waals surface area contributed by atoms with Crippen LogP contribution in [-0.2, 0) is 42.1 Å². The van der Waals surface area contributed by atoms with E-state index < -0.39 is 18.1 Å². The van der Waals surface area contributed by atoms with Gasteiger partial charge in [0.25, 0.3) is 0 Å². The summed E-state index contributed by atoms with van der Waals surface area (Å²) in [5.41, 5.74) is 9.52. The first-order valence-corrected chi connectivity index (χ1v) is 20.1. The van der Waals surface area contributed by atoms with Crippen molar-refractivity contribution in [3.63, 3.8) is 0 Å². The highest BCUT2D eigenvalue weighted by Crippen LogP contribution is 2.41. The van der Waals surface area contributed by atoms with E-state index >= 15 is 0 Å². The molecule has 59 heavy (non-hydrogen) atoms. The third-order valence-corrected chi connectivity index (χ3v) is 11.7. The molecule has 4 heterocycles. The second kappa shape index (κ2) is 17.5. The van der Waals surface area contributed by atoms with Crippen molar-refractivity contribution in [3.05, 3.63) is 170 Å². The summed E-state index contributed by atoms with van der Waals surface area (Å²) in [6.45, 7) is 5.47. The van der Waals surface area contributed by atoms with E-state index in [-0.39, 0.29) is 18.4 Å². The number of amides is 1. The molecule has 4 aromatic carbocycles. The zero-order valence-electron chi connectivity index (χ0n) is 32.5. The minimum absolute atomic E-state index is 0.133. The van der Waals surface area contributed by atoms with Gasteiger partial charge in [0.05, 0.1) is 21.8 Å². The Bertz CT molecular complexity index is 2480. The summed E-state index contributed by atoms with van der Waals surface area (Å²) in [4.78, 5) is 37.7. The fourth-order valence-electron chi connectivity index (χ4n) is 7.55. The first kappa shape index (κ1) is 39.9. The van der Waals surface area contributed by atoms with E-state index in [4.69, 9.17) is 37.4 Å². The van der Waals surface area contributed by atoms with Crippen LogP contribution in [0.5, 0.6) is 17.2 Å². The highest BCUT2D eigenvalue weighted by molar-refractivity contribution is 6.42. The summed E-state index contributed by atoms with van der Waals surface area (Å²) in [6.07, 6.45) is 3.65. The molecule has 2 aliphatic heterocycles. The number of aryl methyl sites for hydroxylation is 1. The highest BCUT2D eigenvalue weighted by Gasteiger charge is 2.36. The van der Waals surface area contributed by atoms with Crippen molar-refractivity contribution in [2.24, 2.45) is 0 Å². The third kappa shape index (κ3) is 9.20. The lowest BCUT2D eigenvalue weighted by Crippen LogP contribution is -2.54. The van der Waals surface area contributed by atoms with E-state index in [0.29, 0.717) is 60.0 Å². The van der Waals surface area contributed by atoms with Gasteiger partial charge in [-0.1, -0.05) is 71.7 Å². The van der Waals surface area contributed by atoms with Gasteiger partial charge in [-0.2, -0.15) is 0 Å². The van der Waals surface area contributed by atoms with Crippen molar-refractivity contribution in [1.82, 2.24) is 20.2 Å². The Morgan fingerprint density at radius 3 is 2.41 bits per heavy atom. The molecule has 1 amide bonds. The molecule has 0 spiro atoms. The molecule has 2 aliphatic rings. The van der Waals surface area contributed by atoms with Crippen LogP contribution in [0.3, 0.4) is 0 Å². The summed E-state index contributed by atoms with van der Waals surface area (Å²) < 4.78 is 18.7. The van der Waals surface area contributed by atoms with Crippen LogP contribution in [0.2, 0.25) is 10.0 Å². The second-order valence-electron chi connectivity index (χ2n) is 14.9. The standard InChI is InChI=1S/C47H42Cl2N4O6/c1-28-29(2)50-18-16-38(28)32-9-6-30(7-10-32)20-41(47(55)56)52-46(54)42-21-34-22-43-44(23-35(34)24-53(42)25-36-5-3-4-17-51-36)59-45(27-58-43)33-11-13-37(14-12-33)57-26-31-8-15-39(48)40(49)19-31/h3-19,22-23,41-42,45H,20-21,24-27H2,1-2H3,(H,52,54)(H,55,56)/t41-,42-,45+/m0/s1. The predicted octanol–water partition coefficient (Wildman–Crippen LogP) is 8.90. The number of carboxylic acid groups (broad SMARTS) is 1. The lowest BCUT2D eigenvalue weighted by atomic mass is 9.92. The Morgan fingerprint density at radius 1 is 0.881 bits per heavy atom. The molecule has 0 radical (unpaired) electrons. The lowest BCUT2D eigenvalue weighted by Gasteiger charge is -2.37. The molecular weight excluding hydrogens is 787 g/mol. The molecule has 0 fully saturated rings. The number of carboxylic acids is 1. The van der Waals surface area contributed by atoms with E-state index in [1.165, 1.54) is 0 Å². The van der Waals surface area contributed by atoms with Crippen molar-refractivity contribution in [2.75, 3.05) is 6.61 Å². The number of nitrogens with zero attached hydrogens (tertiary/aromatic N) is 3. The molecule has 0 aliphatic carbocycles. The van der Waals surface area contributed by atoms with Gasteiger partial charge in [0.15, 0.2) is 17.6 Å². The number of fused-ring (bicyclic) bond motifs is 2. The number of carbonyl (C=O) groups is 2. The number of hydrogen-bond donors (Lipinski definition) is 2. The quantitative estimate of drug-likeness (QED) is 0.125. The van der Waals surface area contributed by atoms with Gasteiger partial charge < -0.3 is 24.6 Å². The molecule has 6 aromatic rings. The Morgan fingerprint density at radius 2 is 1.66 bits per heavy atom. The summed E-state index contributed by atoms with van der Waals surface area (Å²) >= 11 is 12.2. The molecule has 300 valence electrons. The fraction of sp³-hybridized carbons (Fsp3) is 0.234. The van der Waals surface area contributed by atoms with E-state index in [0.717, 1.165) is 55.9 Å². The van der Waals surface area contributed by atoms with Crippen LogP contribution in [0.25, 0.3) is 11.1 Å². The van der Waals surface area contributed by atoms with Crippen molar-refractivity contribution >= 4 is 35.1 Å². The number of benzene rings is 4. The normalized spacial score (nSPS) is 16.5. The molecule has 10 nitrogen and oxygen atoms in total. The van der Waals surface area contributed by atoms with Gasteiger partial charge in [0.1, 0.15) is 25.0 Å². The van der Waals surface area contributed by atoms with E-state index in [2.05, 4.69) is 15.3 Å². The molecule has 0 saturated heterocycles. The molecule has 3 atom stereocenters. The number of carbonyl (C=O) groups excluding carboxylic acids is 1. The minimum atomic E-state index is -1.13. The van der Waals surface area contributed by atoms with E-state index in [1.807, 2.05) is 110 Å². The van der Waals surface area contributed by atoms with Crippen LogP contribution in [0.4, 0.5) is 0 Å². The lowest BCUT2D eigenvalue weighted by molar-refractivity contribution is -0.142. The third-order valence-electron chi connectivity index (χ3n) is 11.0. The average molecular weight is 830 g/mol. The molecule has 0 saturated carbocycles. The van der Waals surface area contributed by atoms with Crippen LogP contribution in [0.1, 0.15) is 50.9 Å². The zero-order valence-corrected chi connectivity index (χ0v) is 34.0. The van der Waals surface area contributed by atoms with Crippen LogP contribution >= 0.6 is 23.2 Å². The Labute approximate surface area is 352 Å². The van der Waals surface area contributed by atoms with Gasteiger partial charge in [-0.25, -0.2) is 4.79 Å². The maximum absolute atomic E-state index is 14.2. The number of aliphatic carboxylic acids is 1. The smallest absolute Gasteiger partial charge is 0.326 e. The average Bonchev–Trinajstić information content (AvgIpc) is 3.24. The minimum Gasteiger partial charge on any atom is -0.489 e. The predicted molar refractivity (Wildman–Crippen MR) is 226 cm³/mol. The summed E-state index contributed by atoms with van der Waals surface area (Å²) in [5, 5.41) is 14.1. The van der Waals surface area contributed by atoms with Gasteiger partial charge in [-0.05, 0) is 119 Å². The summed E-state index contributed by atoms with van der Waals surface area (Å²) in [6, 6.07) is 30.7. The summed E-state index contributed by atoms with van der Waals surface area (Å²) in [5.74, 6) is 0.454. The molecule has 12 heteroatoms. The molecular formula is C47H42Cl2N4O6. The highest BCUT2D eigenvalue weighted by atomic mass is 35.5. The van der Waals surface area contributed by atoms with Crippen LogP contribution < -0.4 is 19.5 Å². The number of nitrogens with one attached hydrogen (secondary N) is 1. The van der Waals surface area contributed by atoms with Gasteiger partial charge in [-0.3, -0.25) is 19.7 Å². The maximum atomic E-state index is 14.2. The molecule has 0 unspecified atom stereocenters. The van der Waals surface area contributed by atoms with Gasteiger partial charge in [-0.15, -0.1) is 0 Å². The van der Waals surface area contributed by atoms with Crippen molar-refractivity contribution in [1.29, 1.82) is 0 Å². The molecule has 0 bridgehead atoms. The van der Waals surface area contributed by atoms with E-state index in [9.17, 15) is 14.7 Å². The first-order chi connectivity index (χ1) is 28.6. The molecule has 2 aromatic heterocycles. The number of halogens is 2. The number of hydrogen-bond acceptors (Lipinski definition) is 8. The topological polar surface area (TPSA) is 123 Å². The fourth-order valence-corrected chi connectivity index (χ4v) is 7.87. The SMILES string of the molecule is Cc1nccc(-c2ccc(C[C@H](NC(=O)[C@@H]3Cc4cc5c(cc4CN3Cc3ccccn3)O[C@@H](c3ccc(OCc4ccc(Cl)c(Cl)c4)cc3)CO5)C(=O)O)cc2)c1C. The van der Waals surface area contributed by atoms with Crippen LogP contribution in [0.15, 0.2) is 116 Å². The largest absolute Gasteiger partial charge is 0.489 e. The van der Waals surface area contributed by atoms with Gasteiger partial charge in [0, 0.05) is 37.6 Å². The second-order valence-corrected chi connectivity index (χ2v) is 15.7. The Balaban J connectivity index is 0.962. The molecule has 8 rings (SSSR count). The Kier molecular flexibility index (Phi) is 11.8. The number of ether oxygens (including phenoxy) is 3.